The topological polar surface area (TPSA) is 77.8 Å². The van der Waals surface area contributed by atoms with Gasteiger partial charge in [-0.05, 0) is 36.4 Å². The SMILES string of the molecule is O=C(O)CN(CC(=O)O)c1ccccc1Sc1ccc(Cl)cc1. The van der Waals surface area contributed by atoms with Crippen molar-refractivity contribution in [1.29, 1.82) is 0 Å². The van der Waals surface area contributed by atoms with E-state index in [2.05, 4.69) is 0 Å². The number of benzene rings is 2. The lowest BCUT2D eigenvalue weighted by atomic mass is 10.3. The van der Waals surface area contributed by atoms with Gasteiger partial charge in [0.1, 0.15) is 13.1 Å². The zero-order valence-electron chi connectivity index (χ0n) is 12.0. The first-order valence-electron chi connectivity index (χ1n) is 6.66. The molecule has 0 aliphatic carbocycles. The van der Waals surface area contributed by atoms with Crippen molar-refractivity contribution in [2.24, 2.45) is 0 Å². The Kier molecular flexibility index (Phi) is 5.90. The molecule has 0 aromatic heterocycles. The summed E-state index contributed by atoms with van der Waals surface area (Å²) in [7, 11) is 0. The molecule has 2 aromatic rings. The minimum absolute atomic E-state index is 0.384. The standard InChI is InChI=1S/C16H14ClNO4S/c17-11-5-7-12(8-6-11)23-14-4-2-1-3-13(14)18(9-15(19)20)10-16(21)22/h1-8H,9-10H2,(H,19,20)(H,21,22). The van der Waals surface area contributed by atoms with Crippen LogP contribution in [-0.4, -0.2) is 35.2 Å². The monoisotopic (exact) mass is 351 g/mol. The lowest BCUT2D eigenvalue weighted by Crippen LogP contribution is -2.34. The van der Waals surface area contributed by atoms with E-state index in [1.54, 1.807) is 24.3 Å². The molecule has 0 amide bonds. The van der Waals surface area contributed by atoms with E-state index in [4.69, 9.17) is 21.8 Å². The van der Waals surface area contributed by atoms with Crippen LogP contribution in [0.5, 0.6) is 0 Å². The molecular formula is C16H14ClNO4S. The summed E-state index contributed by atoms with van der Waals surface area (Å²) >= 11 is 7.28. The Hall–Kier alpha value is -2.18. The van der Waals surface area contributed by atoms with Gasteiger partial charge in [0, 0.05) is 14.8 Å². The van der Waals surface area contributed by atoms with Crippen LogP contribution >= 0.6 is 23.4 Å². The smallest absolute Gasteiger partial charge is 0.323 e. The van der Waals surface area contributed by atoms with Crippen molar-refractivity contribution < 1.29 is 19.8 Å². The summed E-state index contributed by atoms with van der Waals surface area (Å²) in [6.07, 6.45) is 0. The predicted octanol–water partition coefficient (Wildman–Crippen LogP) is 3.47. The summed E-state index contributed by atoms with van der Waals surface area (Å²) < 4.78 is 0. The maximum Gasteiger partial charge on any atom is 0.323 e. The normalized spacial score (nSPS) is 10.3. The lowest BCUT2D eigenvalue weighted by Gasteiger charge is -2.23. The van der Waals surface area contributed by atoms with Crippen LogP contribution in [0.2, 0.25) is 5.02 Å². The third kappa shape index (κ3) is 5.19. The fourth-order valence-electron chi connectivity index (χ4n) is 1.99. The minimum Gasteiger partial charge on any atom is -0.480 e. The molecule has 0 spiro atoms. The highest BCUT2D eigenvalue weighted by molar-refractivity contribution is 7.99. The second kappa shape index (κ2) is 7.89. The van der Waals surface area contributed by atoms with E-state index in [-0.39, 0.29) is 13.1 Å². The van der Waals surface area contributed by atoms with Gasteiger partial charge >= 0.3 is 11.9 Å². The molecule has 0 bridgehead atoms. The summed E-state index contributed by atoms with van der Waals surface area (Å²) in [5, 5.41) is 18.7. The van der Waals surface area contributed by atoms with Crippen LogP contribution in [0.1, 0.15) is 0 Å². The third-order valence-electron chi connectivity index (χ3n) is 2.90. The van der Waals surface area contributed by atoms with Gasteiger partial charge in [0.05, 0.1) is 5.69 Å². The number of nitrogens with zero attached hydrogens (tertiary/aromatic N) is 1. The maximum atomic E-state index is 11.0. The van der Waals surface area contributed by atoms with Gasteiger partial charge in [-0.2, -0.15) is 0 Å². The van der Waals surface area contributed by atoms with Gasteiger partial charge in [-0.25, -0.2) is 0 Å². The van der Waals surface area contributed by atoms with Gasteiger partial charge < -0.3 is 15.1 Å². The van der Waals surface area contributed by atoms with E-state index in [0.29, 0.717) is 10.7 Å². The second-order valence-electron chi connectivity index (χ2n) is 4.67. The van der Waals surface area contributed by atoms with Crippen molar-refractivity contribution in [1.82, 2.24) is 0 Å². The number of halogens is 1. The van der Waals surface area contributed by atoms with Crippen molar-refractivity contribution in [3.8, 4) is 0 Å². The average Bonchev–Trinajstić information content (AvgIpc) is 2.48. The molecule has 120 valence electrons. The molecule has 7 heteroatoms. The minimum atomic E-state index is -1.09. The molecule has 0 atom stereocenters. The summed E-state index contributed by atoms with van der Waals surface area (Å²) in [4.78, 5) is 25.1. The molecule has 0 radical (unpaired) electrons. The third-order valence-corrected chi connectivity index (χ3v) is 4.22. The molecule has 2 rings (SSSR count). The molecule has 0 fully saturated rings. The number of hydrogen-bond acceptors (Lipinski definition) is 4. The molecule has 0 saturated carbocycles. The van der Waals surface area contributed by atoms with Gasteiger partial charge in [-0.15, -0.1) is 0 Å². The van der Waals surface area contributed by atoms with Gasteiger partial charge in [-0.3, -0.25) is 9.59 Å². The Bertz CT molecular complexity index is 689. The summed E-state index contributed by atoms with van der Waals surface area (Å²) in [6.45, 7) is -0.769. The highest BCUT2D eigenvalue weighted by Gasteiger charge is 2.17. The molecule has 23 heavy (non-hydrogen) atoms. The molecule has 0 aliphatic rings. The largest absolute Gasteiger partial charge is 0.480 e. The molecule has 5 nitrogen and oxygen atoms in total. The highest BCUT2D eigenvalue weighted by atomic mass is 35.5. The average molecular weight is 352 g/mol. The fraction of sp³-hybridized carbons (Fsp3) is 0.125. The molecule has 0 unspecified atom stereocenters. The van der Waals surface area contributed by atoms with E-state index in [1.807, 2.05) is 24.3 Å². The quantitative estimate of drug-likeness (QED) is 0.795. The van der Waals surface area contributed by atoms with E-state index in [0.717, 1.165) is 9.79 Å². The lowest BCUT2D eigenvalue weighted by molar-refractivity contribution is -0.136. The number of carboxylic acids is 2. The molecule has 2 N–H and O–H groups in total. The number of rotatable bonds is 7. The predicted molar refractivity (Wildman–Crippen MR) is 89.5 cm³/mol. The first-order chi connectivity index (χ1) is 11.0. The van der Waals surface area contributed by atoms with Gasteiger partial charge in [-0.1, -0.05) is 35.5 Å². The summed E-state index contributed by atoms with van der Waals surface area (Å²) in [6, 6.07) is 14.3. The van der Waals surface area contributed by atoms with Gasteiger partial charge in [0.25, 0.3) is 0 Å². The van der Waals surface area contributed by atoms with E-state index < -0.39 is 11.9 Å². The maximum absolute atomic E-state index is 11.0. The van der Waals surface area contributed by atoms with Crippen molar-refractivity contribution in [2.75, 3.05) is 18.0 Å². The van der Waals surface area contributed by atoms with Crippen LogP contribution in [0, 0.1) is 0 Å². The van der Waals surface area contributed by atoms with Crippen LogP contribution < -0.4 is 4.90 Å². The zero-order chi connectivity index (χ0) is 16.8. The van der Waals surface area contributed by atoms with E-state index >= 15 is 0 Å². The first-order valence-corrected chi connectivity index (χ1v) is 7.86. The number of anilines is 1. The van der Waals surface area contributed by atoms with Crippen molar-refractivity contribution in [3.63, 3.8) is 0 Å². The van der Waals surface area contributed by atoms with Crippen LogP contribution in [0.4, 0.5) is 5.69 Å². The van der Waals surface area contributed by atoms with Crippen LogP contribution in [0.3, 0.4) is 0 Å². The first kappa shape index (κ1) is 17.2. The van der Waals surface area contributed by atoms with Crippen molar-refractivity contribution in [3.05, 3.63) is 53.6 Å². The number of aliphatic carboxylic acids is 2. The molecule has 0 aliphatic heterocycles. The van der Waals surface area contributed by atoms with Crippen molar-refractivity contribution >= 4 is 41.0 Å². The number of carboxylic acid groups (broad SMARTS) is 2. The molecule has 0 heterocycles. The number of carbonyl (C=O) groups is 2. The molecule has 0 saturated heterocycles. The van der Waals surface area contributed by atoms with Gasteiger partial charge in [0.2, 0.25) is 0 Å². The van der Waals surface area contributed by atoms with Crippen LogP contribution in [0.15, 0.2) is 58.3 Å². The van der Waals surface area contributed by atoms with E-state index in [1.165, 1.54) is 16.7 Å². The van der Waals surface area contributed by atoms with Crippen LogP contribution in [-0.2, 0) is 9.59 Å². The Labute approximate surface area is 142 Å². The summed E-state index contributed by atoms with van der Waals surface area (Å²) in [5.41, 5.74) is 0.567. The zero-order valence-corrected chi connectivity index (χ0v) is 13.5. The number of para-hydroxylation sites is 1. The molecular weight excluding hydrogens is 338 g/mol. The Morgan fingerprint density at radius 3 is 2.09 bits per heavy atom. The summed E-state index contributed by atoms with van der Waals surface area (Å²) in [5.74, 6) is -2.17. The van der Waals surface area contributed by atoms with Gasteiger partial charge in [0.15, 0.2) is 0 Å². The Morgan fingerprint density at radius 1 is 0.957 bits per heavy atom. The van der Waals surface area contributed by atoms with Crippen LogP contribution in [0.25, 0.3) is 0 Å². The molecule has 2 aromatic carbocycles. The Morgan fingerprint density at radius 2 is 1.52 bits per heavy atom. The highest BCUT2D eigenvalue weighted by Crippen LogP contribution is 2.35. The van der Waals surface area contributed by atoms with Crippen molar-refractivity contribution in [2.45, 2.75) is 9.79 Å². The number of hydrogen-bond donors (Lipinski definition) is 2. The Balaban J connectivity index is 2.31. The van der Waals surface area contributed by atoms with E-state index in [9.17, 15) is 9.59 Å². The second-order valence-corrected chi connectivity index (χ2v) is 6.22. The fourth-order valence-corrected chi connectivity index (χ4v) is 3.09.